The fourth-order valence-electron chi connectivity index (χ4n) is 2.64. The van der Waals surface area contributed by atoms with Gasteiger partial charge >= 0.3 is 17.9 Å². The molecule has 3 rings (SSSR count). The largest absolute Gasteiger partial charge is 0.478 e. The molecular weight excluding hydrogens is 562 g/mol. The van der Waals surface area contributed by atoms with Crippen molar-refractivity contribution in [2.45, 2.75) is 0 Å². The summed E-state index contributed by atoms with van der Waals surface area (Å²) in [6, 6.07) is 3.52. The van der Waals surface area contributed by atoms with E-state index in [2.05, 4.69) is 15.0 Å². The second kappa shape index (κ2) is 9.66. The number of nitrogens with zero attached hydrogens (tertiary/aromatic N) is 3. The summed E-state index contributed by atoms with van der Waals surface area (Å²) < 4.78 is 0. The van der Waals surface area contributed by atoms with E-state index in [4.69, 9.17) is 34.8 Å². The van der Waals surface area contributed by atoms with Gasteiger partial charge in [0, 0.05) is 37.4 Å². The van der Waals surface area contributed by atoms with Gasteiger partial charge in [-0.05, 0) is 18.2 Å². The summed E-state index contributed by atoms with van der Waals surface area (Å²) in [4.78, 5) is 46.8. The molecule has 0 atom stereocenters. The number of carboxylic acid groups (broad SMARTS) is 3. The van der Waals surface area contributed by atoms with Gasteiger partial charge in [0.2, 0.25) is 0 Å². The van der Waals surface area contributed by atoms with Crippen molar-refractivity contribution >= 4 is 52.7 Å². The van der Waals surface area contributed by atoms with Crippen LogP contribution < -0.4 is 0 Å². The van der Waals surface area contributed by atoms with E-state index in [0.717, 1.165) is 12.3 Å². The van der Waals surface area contributed by atoms with Crippen molar-refractivity contribution in [3.8, 4) is 22.6 Å². The molecule has 0 aromatic carbocycles. The van der Waals surface area contributed by atoms with Crippen LogP contribution in [0.1, 0.15) is 31.1 Å². The summed E-state index contributed by atoms with van der Waals surface area (Å²) in [6.45, 7) is 0. The molecule has 0 amide bonds. The number of carboxylic acids is 3. The van der Waals surface area contributed by atoms with Crippen LogP contribution in [0.25, 0.3) is 22.6 Å². The van der Waals surface area contributed by atoms with Gasteiger partial charge in [-0.25, -0.2) is 19.4 Å². The normalized spacial score (nSPS) is 10.3. The number of hydrogen-bond acceptors (Lipinski definition) is 6. The quantitative estimate of drug-likeness (QED) is 0.302. The fourth-order valence-corrected chi connectivity index (χ4v) is 3.39. The van der Waals surface area contributed by atoms with Crippen LogP contribution in [0.15, 0.2) is 30.6 Å². The topological polar surface area (TPSA) is 151 Å². The van der Waals surface area contributed by atoms with Gasteiger partial charge < -0.3 is 15.3 Å². The average molecular weight is 570 g/mol. The molecule has 0 unspecified atom stereocenters. The molecule has 0 fully saturated rings. The van der Waals surface area contributed by atoms with E-state index in [1.807, 2.05) is 0 Å². The van der Waals surface area contributed by atoms with Gasteiger partial charge in [0.15, 0.2) is 0 Å². The van der Waals surface area contributed by atoms with Crippen molar-refractivity contribution in [1.82, 2.24) is 15.0 Å². The van der Waals surface area contributed by atoms with Crippen LogP contribution >= 0.6 is 34.8 Å². The summed E-state index contributed by atoms with van der Waals surface area (Å²) in [7, 11) is 0. The first-order chi connectivity index (χ1) is 14.1. The molecule has 13 heteroatoms. The molecule has 9 nitrogen and oxygen atoms in total. The molecule has 3 aromatic rings. The third kappa shape index (κ3) is 4.67. The van der Waals surface area contributed by atoms with Crippen LogP contribution in [-0.2, 0) is 19.5 Å². The molecule has 0 saturated heterocycles. The molecule has 0 aliphatic heterocycles. The number of hydrogen-bond donors (Lipinski definition) is 3. The Balaban J connectivity index is 0.00000341. The zero-order valence-electron chi connectivity index (χ0n) is 14.8. The van der Waals surface area contributed by atoms with Crippen LogP contribution in [0.3, 0.4) is 0 Å². The third-order valence-corrected chi connectivity index (χ3v) is 5.03. The number of pyridine rings is 3. The summed E-state index contributed by atoms with van der Waals surface area (Å²) in [6.07, 6.45) is 2.32. The van der Waals surface area contributed by atoms with Crippen LogP contribution in [0.4, 0.5) is 0 Å². The van der Waals surface area contributed by atoms with E-state index in [1.165, 1.54) is 18.3 Å². The van der Waals surface area contributed by atoms with Gasteiger partial charge in [0.1, 0.15) is 22.1 Å². The SMILES string of the molecule is O=C(O)c1ccnc(-c2c(C(=O)O)ccnc2-c2nc(Cl)c(Cl)c(C(=O)O)c2Cl)c1.[Ru]. The maximum atomic E-state index is 11.8. The number of halogens is 3. The Morgan fingerprint density at radius 2 is 1.45 bits per heavy atom. The first-order valence-electron chi connectivity index (χ1n) is 7.83. The second-order valence-corrected chi connectivity index (χ2v) is 6.80. The van der Waals surface area contributed by atoms with Gasteiger partial charge in [-0.2, -0.15) is 0 Å². The first kappa shape index (κ1) is 24.6. The Hall–Kier alpha value is -2.65. The minimum atomic E-state index is -1.49. The van der Waals surface area contributed by atoms with Crippen LogP contribution in [0, 0.1) is 0 Å². The van der Waals surface area contributed by atoms with Gasteiger partial charge in [0.25, 0.3) is 0 Å². The standard InChI is InChI=1S/C18H8Cl3N3O6.Ru/c19-11-10(18(29)30)12(20)15(21)24-14(11)13-9(7(17(27)28)2-4-23-13)8-5-6(16(25)26)1-3-22-8;/h1-5H,(H,25,26)(H,27,28)(H,29,30);. The maximum Gasteiger partial charge on any atom is 0.338 e. The molecule has 0 aliphatic carbocycles. The van der Waals surface area contributed by atoms with E-state index >= 15 is 0 Å². The van der Waals surface area contributed by atoms with Crippen molar-refractivity contribution in [2.24, 2.45) is 0 Å². The van der Waals surface area contributed by atoms with Gasteiger partial charge in [-0.1, -0.05) is 34.8 Å². The van der Waals surface area contributed by atoms with E-state index in [1.54, 1.807) is 0 Å². The first-order valence-corrected chi connectivity index (χ1v) is 8.97. The zero-order chi connectivity index (χ0) is 22.2. The van der Waals surface area contributed by atoms with Crippen molar-refractivity contribution in [3.05, 3.63) is 62.5 Å². The molecule has 3 heterocycles. The molecule has 160 valence electrons. The Bertz CT molecular complexity index is 1240. The number of aromatic nitrogens is 3. The Morgan fingerprint density at radius 1 is 0.806 bits per heavy atom. The third-order valence-electron chi connectivity index (χ3n) is 3.92. The summed E-state index contributed by atoms with van der Waals surface area (Å²) >= 11 is 18.0. The van der Waals surface area contributed by atoms with E-state index in [-0.39, 0.29) is 53.3 Å². The molecule has 0 aliphatic rings. The number of rotatable bonds is 5. The van der Waals surface area contributed by atoms with Gasteiger partial charge in [0.05, 0.1) is 26.9 Å². The predicted molar refractivity (Wildman–Crippen MR) is 107 cm³/mol. The number of carbonyl (C=O) groups is 3. The molecule has 0 radical (unpaired) electrons. The average Bonchev–Trinajstić information content (AvgIpc) is 2.70. The molecule has 0 saturated carbocycles. The minimum Gasteiger partial charge on any atom is -0.478 e. The summed E-state index contributed by atoms with van der Waals surface area (Å²) in [5, 5.41) is 27.1. The van der Waals surface area contributed by atoms with Crippen molar-refractivity contribution < 1.29 is 49.2 Å². The smallest absolute Gasteiger partial charge is 0.338 e. The van der Waals surface area contributed by atoms with Gasteiger partial charge in [-0.3, -0.25) is 9.97 Å². The van der Waals surface area contributed by atoms with Crippen molar-refractivity contribution in [2.75, 3.05) is 0 Å². The molecule has 3 aromatic heterocycles. The van der Waals surface area contributed by atoms with Gasteiger partial charge in [-0.15, -0.1) is 0 Å². The Morgan fingerprint density at radius 3 is 2.03 bits per heavy atom. The van der Waals surface area contributed by atoms with E-state index in [9.17, 15) is 29.7 Å². The van der Waals surface area contributed by atoms with Crippen LogP contribution in [0.5, 0.6) is 0 Å². The Kier molecular flexibility index (Phi) is 7.67. The van der Waals surface area contributed by atoms with Crippen LogP contribution in [-0.4, -0.2) is 48.2 Å². The van der Waals surface area contributed by atoms with Crippen molar-refractivity contribution in [3.63, 3.8) is 0 Å². The fraction of sp³-hybridized carbons (Fsp3) is 0. The summed E-state index contributed by atoms with van der Waals surface area (Å²) in [5.41, 5.74) is -1.62. The van der Waals surface area contributed by atoms with Crippen molar-refractivity contribution in [1.29, 1.82) is 0 Å². The second-order valence-electron chi connectivity index (χ2n) is 5.68. The molecule has 3 N–H and O–H groups in total. The van der Waals surface area contributed by atoms with Crippen LogP contribution in [0.2, 0.25) is 15.2 Å². The molecular formula is C18H8Cl3N3O6Ru. The molecule has 0 spiro atoms. The molecule has 0 bridgehead atoms. The Labute approximate surface area is 201 Å². The van der Waals surface area contributed by atoms with E-state index in [0.29, 0.717) is 0 Å². The van der Waals surface area contributed by atoms with E-state index < -0.39 is 38.7 Å². The zero-order valence-corrected chi connectivity index (χ0v) is 18.8. The molecule has 31 heavy (non-hydrogen) atoms. The monoisotopic (exact) mass is 569 g/mol. The maximum absolute atomic E-state index is 11.8. The number of aromatic carboxylic acids is 3. The minimum absolute atomic E-state index is 0. The summed E-state index contributed by atoms with van der Waals surface area (Å²) in [5.74, 6) is -4.12. The predicted octanol–water partition coefficient (Wildman–Crippen LogP) is 4.26.